The number of nitrogens with one attached hydrogen (secondary N) is 1. The van der Waals surface area contributed by atoms with Crippen molar-refractivity contribution in [2.75, 3.05) is 18.0 Å². The van der Waals surface area contributed by atoms with E-state index < -0.39 is 17.4 Å². The number of carbonyl (C=O) groups is 2. The molecule has 0 radical (unpaired) electrons. The average molecular weight is 344 g/mol. The minimum Gasteiger partial charge on any atom is -0.372 e. The van der Waals surface area contributed by atoms with Crippen molar-refractivity contribution in [2.24, 2.45) is 0 Å². The van der Waals surface area contributed by atoms with Crippen LogP contribution in [-0.4, -0.2) is 35.6 Å². The van der Waals surface area contributed by atoms with Gasteiger partial charge in [-0.1, -0.05) is 18.2 Å². The monoisotopic (exact) mass is 344 g/mol. The van der Waals surface area contributed by atoms with E-state index in [0.717, 1.165) is 0 Å². The van der Waals surface area contributed by atoms with E-state index in [4.69, 9.17) is 0 Å². The molecule has 5 nitrogen and oxygen atoms in total. The number of para-hydroxylation sites is 1. The number of nitrogens with zero attached hydrogens (tertiary/aromatic N) is 1. The Morgan fingerprint density at radius 3 is 2.71 bits per heavy atom. The van der Waals surface area contributed by atoms with Gasteiger partial charge in [0, 0.05) is 35.0 Å². The third-order valence-electron chi connectivity index (χ3n) is 4.19. The Morgan fingerprint density at radius 2 is 2.04 bits per heavy atom. The Bertz CT molecular complexity index is 744. The van der Waals surface area contributed by atoms with Crippen molar-refractivity contribution in [1.82, 2.24) is 5.32 Å². The predicted molar refractivity (Wildman–Crippen MR) is 94.1 cm³/mol. The fourth-order valence-electron chi connectivity index (χ4n) is 2.84. The van der Waals surface area contributed by atoms with Crippen LogP contribution in [0.1, 0.15) is 16.2 Å². The van der Waals surface area contributed by atoms with Crippen molar-refractivity contribution >= 4 is 28.8 Å². The maximum Gasteiger partial charge on any atom is 0.268 e. The maximum absolute atomic E-state index is 12.5. The first-order valence-electron chi connectivity index (χ1n) is 7.94. The molecule has 0 bridgehead atoms. The fourth-order valence-corrected chi connectivity index (χ4v) is 3.73. The fraction of sp³-hybridized carbons (Fsp3) is 0.333. The van der Waals surface area contributed by atoms with Gasteiger partial charge in [0.05, 0.1) is 0 Å². The molecule has 1 aliphatic rings. The summed E-state index contributed by atoms with van der Waals surface area (Å²) >= 11 is 1.68. The number of amides is 2. The normalized spacial score (nSPS) is 20.4. The molecule has 1 unspecified atom stereocenters. The van der Waals surface area contributed by atoms with Crippen LogP contribution in [0, 0.1) is 6.92 Å². The highest BCUT2D eigenvalue weighted by atomic mass is 32.1. The minimum absolute atomic E-state index is 0.102. The van der Waals surface area contributed by atoms with E-state index in [1.807, 2.05) is 37.3 Å². The molecule has 1 aliphatic heterocycles. The number of aryl methyl sites for hydroxylation is 1. The van der Waals surface area contributed by atoms with E-state index in [1.165, 1.54) is 14.7 Å². The highest BCUT2D eigenvalue weighted by molar-refractivity contribution is 7.11. The molecule has 6 heteroatoms. The molecule has 2 heterocycles. The van der Waals surface area contributed by atoms with Gasteiger partial charge in [-0.25, -0.2) is 0 Å². The summed E-state index contributed by atoms with van der Waals surface area (Å²) in [7, 11) is 0. The molecule has 2 amide bonds. The number of thiophene rings is 1. The number of rotatable bonds is 5. The summed E-state index contributed by atoms with van der Waals surface area (Å²) in [6, 6.07) is 13.1. The Morgan fingerprint density at radius 1 is 1.29 bits per heavy atom. The highest BCUT2D eigenvalue weighted by Gasteiger charge is 2.51. The lowest BCUT2D eigenvalue weighted by Crippen LogP contribution is -2.52. The molecule has 1 atom stereocenters. The van der Waals surface area contributed by atoms with E-state index in [1.54, 1.807) is 23.5 Å². The van der Waals surface area contributed by atoms with Crippen LogP contribution in [0.25, 0.3) is 0 Å². The second-order valence-corrected chi connectivity index (χ2v) is 7.29. The van der Waals surface area contributed by atoms with Crippen LogP contribution in [0.4, 0.5) is 5.69 Å². The largest absolute Gasteiger partial charge is 0.372 e. The molecule has 2 N–H and O–H groups in total. The van der Waals surface area contributed by atoms with E-state index in [9.17, 15) is 14.7 Å². The first-order valence-corrected chi connectivity index (χ1v) is 8.75. The molecule has 24 heavy (non-hydrogen) atoms. The summed E-state index contributed by atoms with van der Waals surface area (Å²) in [5, 5.41) is 13.3. The predicted octanol–water partition coefficient (Wildman–Crippen LogP) is 1.88. The molecule has 0 aliphatic carbocycles. The lowest BCUT2D eigenvalue weighted by molar-refractivity contribution is -0.149. The number of carbonyl (C=O) groups excluding carboxylic acids is 2. The van der Waals surface area contributed by atoms with Gasteiger partial charge in [-0.2, -0.15) is 0 Å². The number of hydrogen-bond donors (Lipinski definition) is 2. The smallest absolute Gasteiger partial charge is 0.268 e. The summed E-state index contributed by atoms with van der Waals surface area (Å²) < 4.78 is 0. The zero-order valence-electron chi connectivity index (χ0n) is 13.5. The van der Waals surface area contributed by atoms with Gasteiger partial charge in [-0.15, -0.1) is 11.3 Å². The highest BCUT2D eigenvalue weighted by Crippen LogP contribution is 2.28. The first kappa shape index (κ1) is 16.7. The molecule has 1 aromatic carbocycles. The minimum atomic E-state index is -1.97. The molecule has 0 saturated carbocycles. The summed E-state index contributed by atoms with van der Waals surface area (Å²) in [6.07, 6.45) is 0.793. The third-order valence-corrected chi connectivity index (χ3v) is 5.25. The second-order valence-electron chi connectivity index (χ2n) is 5.92. The average Bonchev–Trinajstić information content (AvgIpc) is 3.13. The van der Waals surface area contributed by atoms with Gasteiger partial charge < -0.3 is 15.3 Å². The van der Waals surface area contributed by atoms with Crippen LogP contribution >= 0.6 is 11.3 Å². The maximum atomic E-state index is 12.5. The zero-order chi connectivity index (χ0) is 17.2. The first-order chi connectivity index (χ1) is 11.5. The lowest BCUT2D eigenvalue weighted by atomic mass is 10.0. The Labute approximate surface area is 144 Å². The molecular formula is C18H20N2O3S. The van der Waals surface area contributed by atoms with Gasteiger partial charge in [-0.3, -0.25) is 9.59 Å². The Balaban J connectivity index is 1.61. The van der Waals surface area contributed by atoms with E-state index in [0.29, 0.717) is 25.2 Å². The van der Waals surface area contributed by atoms with Crippen LogP contribution in [0.3, 0.4) is 0 Å². The van der Waals surface area contributed by atoms with Gasteiger partial charge >= 0.3 is 0 Å². The quantitative estimate of drug-likeness (QED) is 0.814. The Hall–Kier alpha value is -2.18. The summed E-state index contributed by atoms with van der Waals surface area (Å²) in [4.78, 5) is 28.7. The van der Waals surface area contributed by atoms with Gasteiger partial charge in [-0.05, 0) is 37.6 Å². The molecule has 3 rings (SSSR count). The van der Waals surface area contributed by atoms with E-state index in [2.05, 4.69) is 5.32 Å². The summed E-state index contributed by atoms with van der Waals surface area (Å²) in [6.45, 7) is 2.77. The summed E-state index contributed by atoms with van der Waals surface area (Å²) in [5.74, 6) is -1.17. The number of aliphatic hydroxyl groups is 1. The molecular weight excluding hydrogens is 324 g/mol. The van der Waals surface area contributed by atoms with Gasteiger partial charge in [0.1, 0.15) is 0 Å². The molecule has 2 aromatic rings. The van der Waals surface area contributed by atoms with Crippen molar-refractivity contribution in [2.45, 2.75) is 25.4 Å². The molecule has 1 aromatic heterocycles. The van der Waals surface area contributed by atoms with Gasteiger partial charge in [0.2, 0.25) is 5.60 Å². The van der Waals surface area contributed by atoms with Crippen molar-refractivity contribution in [1.29, 1.82) is 0 Å². The van der Waals surface area contributed by atoms with Crippen molar-refractivity contribution in [3.63, 3.8) is 0 Å². The van der Waals surface area contributed by atoms with Gasteiger partial charge in [0.15, 0.2) is 0 Å². The number of benzene rings is 1. The second kappa shape index (κ2) is 6.75. The number of anilines is 1. The van der Waals surface area contributed by atoms with Crippen LogP contribution in [0.2, 0.25) is 0 Å². The van der Waals surface area contributed by atoms with E-state index in [-0.39, 0.29) is 6.42 Å². The van der Waals surface area contributed by atoms with Crippen LogP contribution in [0.15, 0.2) is 42.5 Å². The third kappa shape index (κ3) is 3.20. The number of hydrogen-bond acceptors (Lipinski definition) is 4. The molecule has 126 valence electrons. The van der Waals surface area contributed by atoms with Crippen molar-refractivity contribution < 1.29 is 14.7 Å². The van der Waals surface area contributed by atoms with Gasteiger partial charge in [0.25, 0.3) is 11.8 Å². The summed E-state index contributed by atoms with van der Waals surface area (Å²) in [5.41, 5.74) is -1.28. The molecule has 1 fully saturated rings. The zero-order valence-corrected chi connectivity index (χ0v) is 14.3. The Kier molecular flexibility index (Phi) is 4.69. The lowest BCUT2D eigenvalue weighted by Gasteiger charge is -2.21. The SMILES string of the molecule is Cc1ccc(CCNC(=O)C2(O)CCN(c3ccccc3)C2=O)s1. The molecule has 0 spiro atoms. The van der Waals surface area contributed by atoms with Crippen molar-refractivity contribution in [3.05, 3.63) is 52.2 Å². The standard InChI is InChI=1S/C18H20N2O3S/c1-13-7-8-15(24-13)9-11-19-16(21)18(23)10-12-20(17(18)22)14-5-3-2-4-6-14/h2-8,23H,9-12H2,1H3,(H,19,21). The van der Waals surface area contributed by atoms with Crippen LogP contribution in [-0.2, 0) is 16.0 Å². The van der Waals surface area contributed by atoms with Crippen LogP contribution in [0.5, 0.6) is 0 Å². The van der Waals surface area contributed by atoms with Crippen LogP contribution < -0.4 is 10.2 Å². The topological polar surface area (TPSA) is 69.6 Å². The van der Waals surface area contributed by atoms with Crippen molar-refractivity contribution in [3.8, 4) is 0 Å². The van der Waals surface area contributed by atoms with E-state index >= 15 is 0 Å². The molecule has 1 saturated heterocycles.